The largest absolute Gasteiger partial charge is 0.263 e. The van der Waals surface area contributed by atoms with Crippen LogP contribution in [0.5, 0.6) is 0 Å². The summed E-state index contributed by atoms with van der Waals surface area (Å²) in [5.41, 5.74) is 2.23. The molecule has 0 saturated heterocycles. The van der Waals surface area contributed by atoms with Crippen LogP contribution in [0.3, 0.4) is 0 Å². The first-order valence-electron chi connectivity index (χ1n) is 6.73. The first-order chi connectivity index (χ1) is 11.8. The molecule has 0 atom stereocenters. The van der Waals surface area contributed by atoms with Gasteiger partial charge in [0.15, 0.2) is 0 Å². The van der Waals surface area contributed by atoms with E-state index in [0.717, 1.165) is 0 Å². The molecule has 0 fully saturated rings. The molecule has 0 amide bonds. The Morgan fingerprint density at radius 2 is 0.880 bits per heavy atom. The fourth-order valence-electron chi connectivity index (χ4n) is 2.32. The molecule has 1 aromatic heterocycles. The summed E-state index contributed by atoms with van der Waals surface area (Å²) in [5.74, 6) is 0. The van der Waals surface area contributed by atoms with Crippen LogP contribution < -0.4 is 0 Å². The van der Waals surface area contributed by atoms with E-state index in [1.165, 1.54) is 0 Å². The Morgan fingerprint density at radius 1 is 0.480 bits per heavy atom. The van der Waals surface area contributed by atoms with Crippen LogP contribution >= 0.6 is 81.2 Å². The molecule has 1 nitrogen and oxygen atoms in total. The van der Waals surface area contributed by atoms with Gasteiger partial charge < -0.3 is 0 Å². The van der Waals surface area contributed by atoms with Crippen molar-refractivity contribution in [1.82, 2.24) is 4.98 Å². The number of nitrogens with zero attached hydrogens (tertiary/aromatic N) is 1. The number of benzene rings is 2. The van der Waals surface area contributed by atoms with Crippen LogP contribution in [0.15, 0.2) is 36.7 Å². The van der Waals surface area contributed by atoms with Crippen LogP contribution in [0.2, 0.25) is 35.2 Å². The van der Waals surface area contributed by atoms with Gasteiger partial charge in [-0.05, 0) is 24.3 Å². The predicted octanol–water partition coefficient (Wildman–Crippen LogP) is 8.99. The van der Waals surface area contributed by atoms with E-state index in [2.05, 4.69) is 4.98 Å². The normalized spacial score (nSPS) is 11.0. The van der Waals surface area contributed by atoms with Crippen LogP contribution in [-0.4, -0.2) is 4.98 Å². The van der Waals surface area contributed by atoms with E-state index >= 15 is 0 Å². The minimum Gasteiger partial charge on any atom is -0.263 e. The monoisotopic (exact) mass is 469 g/mol. The summed E-state index contributed by atoms with van der Waals surface area (Å²) in [5, 5.41) is 2.49. The molecule has 3 aromatic rings. The Morgan fingerprint density at radius 3 is 1.28 bits per heavy atom. The molecule has 0 aliphatic heterocycles. The molecule has 0 bridgehead atoms. The SMILES string of the molecule is Clc1cc(Cl)c(Cl)c(-c2cncc(-c3cc(Cl)cc(Cl)c3Cl)c2Cl)c1. The molecule has 2 aromatic carbocycles. The Kier molecular flexibility index (Phi) is 5.97. The second-order valence-corrected chi connectivity index (χ2v) is 7.87. The minimum absolute atomic E-state index is 0.314. The maximum Gasteiger partial charge on any atom is 0.0672 e. The molecular weight excluding hydrogens is 466 g/mol. The highest BCUT2D eigenvalue weighted by atomic mass is 35.5. The highest BCUT2D eigenvalue weighted by molar-refractivity contribution is 6.47. The van der Waals surface area contributed by atoms with Gasteiger partial charge in [0.1, 0.15) is 0 Å². The van der Waals surface area contributed by atoms with E-state index in [1.54, 1.807) is 36.7 Å². The lowest BCUT2D eigenvalue weighted by molar-refractivity contribution is 1.33. The van der Waals surface area contributed by atoms with Crippen molar-refractivity contribution in [3.63, 3.8) is 0 Å². The van der Waals surface area contributed by atoms with Crippen molar-refractivity contribution in [2.45, 2.75) is 0 Å². The quantitative estimate of drug-likeness (QED) is 0.339. The lowest BCUT2D eigenvalue weighted by Gasteiger charge is -2.13. The van der Waals surface area contributed by atoms with Gasteiger partial charge in [0.25, 0.3) is 0 Å². The van der Waals surface area contributed by atoms with Crippen molar-refractivity contribution in [1.29, 1.82) is 0 Å². The lowest BCUT2D eigenvalue weighted by Crippen LogP contribution is -1.90. The third-order valence-corrected chi connectivity index (χ3v) is 5.89. The van der Waals surface area contributed by atoms with Gasteiger partial charge in [-0.3, -0.25) is 4.98 Å². The topological polar surface area (TPSA) is 12.9 Å². The van der Waals surface area contributed by atoms with Gasteiger partial charge in [-0.15, -0.1) is 0 Å². The Bertz CT molecular complexity index is 909. The van der Waals surface area contributed by atoms with Crippen molar-refractivity contribution < 1.29 is 0 Å². The fraction of sp³-hybridized carbons (Fsp3) is 0. The summed E-state index contributed by atoms with van der Waals surface area (Å²) in [6, 6.07) is 6.42. The average molecular weight is 472 g/mol. The molecule has 0 saturated carbocycles. The molecule has 0 N–H and O–H groups in total. The van der Waals surface area contributed by atoms with Crippen molar-refractivity contribution >= 4 is 81.2 Å². The zero-order valence-electron chi connectivity index (χ0n) is 12.1. The Hall–Kier alpha value is -0.380. The smallest absolute Gasteiger partial charge is 0.0672 e. The van der Waals surface area contributed by atoms with Gasteiger partial charge in [-0.25, -0.2) is 0 Å². The van der Waals surface area contributed by atoms with E-state index in [-0.39, 0.29) is 0 Å². The summed E-state index contributed by atoms with van der Waals surface area (Å²) >= 11 is 43.6. The number of aromatic nitrogens is 1. The van der Waals surface area contributed by atoms with E-state index in [4.69, 9.17) is 81.2 Å². The van der Waals surface area contributed by atoms with E-state index in [9.17, 15) is 0 Å². The molecule has 25 heavy (non-hydrogen) atoms. The van der Waals surface area contributed by atoms with E-state index < -0.39 is 0 Å². The number of hydrogen-bond donors (Lipinski definition) is 0. The Labute approximate surface area is 179 Å². The maximum absolute atomic E-state index is 6.60. The summed E-state index contributed by atoms with van der Waals surface area (Å²) in [6.45, 7) is 0. The number of pyridine rings is 1. The highest BCUT2D eigenvalue weighted by Crippen LogP contribution is 2.44. The average Bonchev–Trinajstić information content (AvgIpc) is 2.55. The molecule has 0 radical (unpaired) electrons. The summed E-state index contributed by atoms with van der Waals surface area (Å²) in [6.07, 6.45) is 3.14. The van der Waals surface area contributed by atoms with Crippen molar-refractivity contribution in [2.75, 3.05) is 0 Å². The molecule has 8 heteroatoms. The third kappa shape index (κ3) is 3.84. The molecule has 1 heterocycles. The minimum atomic E-state index is 0.314. The standard InChI is InChI=1S/C17H6Cl7N/c18-7-1-9(16(23)13(20)3-7)11-5-25-6-12(15(11)22)10-2-8(19)4-14(21)17(10)24/h1-6H. The molecule has 0 aliphatic carbocycles. The van der Waals surface area contributed by atoms with Crippen molar-refractivity contribution in [3.8, 4) is 22.3 Å². The zero-order chi connectivity index (χ0) is 18.3. The summed E-state index contributed by atoms with van der Waals surface area (Å²) in [7, 11) is 0. The van der Waals surface area contributed by atoms with Crippen LogP contribution in [-0.2, 0) is 0 Å². The van der Waals surface area contributed by atoms with Gasteiger partial charge >= 0.3 is 0 Å². The maximum atomic E-state index is 6.60. The second kappa shape index (κ2) is 7.70. The van der Waals surface area contributed by atoms with Gasteiger partial charge in [0.2, 0.25) is 0 Å². The van der Waals surface area contributed by atoms with Gasteiger partial charge in [0, 0.05) is 44.7 Å². The molecule has 128 valence electrons. The van der Waals surface area contributed by atoms with Gasteiger partial charge in [-0.2, -0.15) is 0 Å². The van der Waals surface area contributed by atoms with E-state index in [0.29, 0.717) is 57.4 Å². The first kappa shape index (κ1) is 19.4. The number of rotatable bonds is 2. The number of hydrogen-bond acceptors (Lipinski definition) is 1. The first-order valence-corrected chi connectivity index (χ1v) is 9.37. The summed E-state index contributed by atoms with van der Waals surface area (Å²) in [4.78, 5) is 4.23. The van der Waals surface area contributed by atoms with Crippen LogP contribution in [0, 0.1) is 0 Å². The zero-order valence-corrected chi connectivity index (χ0v) is 17.3. The third-order valence-electron chi connectivity index (χ3n) is 3.45. The van der Waals surface area contributed by atoms with E-state index in [1.807, 2.05) is 0 Å². The highest BCUT2D eigenvalue weighted by Gasteiger charge is 2.18. The number of halogens is 7. The van der Waals surface area contributed by atoms with Crippen LogP contribution in [0.25, 0.3) is 22.3 Å². The van der Waals surface area contributed by atoms with Crippen molar-refractivity contribution in [2.24, 2.45) is 0 Å². The van der Waals surface area contributed by atoms with Gasteiger partial charge in [0.05, 0.1) is 25.1 Å². The molecular formula is C17H6Cl7N. The lowest BCUT2D eigenvalue weighted by atomic mass is 10.0. The fourth-order valence-corrected chi connectivity index (χ4v) is 4.03. The van der Waals surface area contributed by atoms with Gasteiger partial charge in [-0.1, -0.05) is 81.2 Å². The van der Waals surface area contributed by atoms with Crippen LogP contribution in [0.4, 0.5) is 0 Å². The molecule has 0 aliphatic rings. The summed E-state index contributed by atoms with van der Waals surface area (Å²) < 4.78 is 0. The molecule has 3 rings (SSSR count). The van der Waals surface area contributed by atoms with Crippen LogP contribution in [0.1, 0.15) is 0 Å². The molecule has 0 spiro atoms. The molecule has 0 unspecified atom stereocenters. The Balaban J connectivity index is 2.28. The predicted molar refractivity (Wildman–Crippen MR) is 110 cm³/mol. The van der Waals surface area contributed by atoms with Crippen molar-refractivity contribution in [3.05, 3.63) is 71.8 Å². The second-order valence-electron chi connectivity index (χ2n) is 5.05.